The molecule has 3 aromatic rings. The van der Waals surface area contributed by atoms with Gasteiger partial charge in [-0.1, -0.05) is 17.8 Å². The van der Waals surface area contributed by atoms with Crippen LogP contribution in [-0.4, -0.2) is 70.0 Å². The van der Waals surface area contributed by atoms with E-state index in [1.807, 2.05) is 6.26 Å². The average molecular weight is 513 g/mol. The minimum Gasteiger partial charge on any atom is -0.492 e. The summed E-state index contributed by atoms with van der Waals surface area (Å²) in [6, 6.07) is 6.26. The maximum atomic E-state index is 14.5. The van der Waals surface area contributed by atoms with E-state index in [2.05, 4.69) is 25.6 Å². The highest BCUT2D eigenvalue weighted by Crippen LogP contribution is 2.46. The summed E-state index contributed by atoms with van der Waals surface area (Å²) in [4.78, 5) is 38.5. The van der Waals surface area contributed by atoms with Crippen LogP contribution in [0.2, 0.25) is 0 Å². The molecule has 1 fully saturated rings. The van der Waals surface area contributed by atoms with Crippen molar-refractivity contribution in [2.75, 3.05) is 38.3 Å². The molecule has 1 spiro atoms. The zero-order valence-corrected chi connectivity index (χ0v) is 20.5. The summed E-state index contributed by atoms with van der Waals surface area (Å²) in [6.45, 7) is 1.09. The van der Waals surface area contributed by atoms with Crippen LogP contribution >= 0.6 is 11.8 Å². The number of benzene rings is 1. The van der Waals surface area contributed by atoms with Crippen LogP contribution in [0.5, 0.6) is 5.75 Å². The highest BCUT2D eigenvalue weighted by atomic mass is 32.2. The first-order valence-corrected chi connectivity index (χ1v) is 12.6. The predicted octanol–water partition coefficient (Wildman–Crippen LogP) is 3.84. The van der Waals surface area contributed by atoms with Crippen molar-refractivity contribution < 1.29 is 23.8 Å². The van der Waals surface area contributed by atoms with Gasteiger partial charge in [0.1, 0.15) is 0 Å². The quantitative estimate of drug-likeness (QED) is 0.299. The van der Waals surface area contributed by atoms with Gasteiger partial charge in [0.2, 0.25) is 0 Å². The fourth-order valence-electron chi connectivity index (χ4n) is 4.95. The maximum absolute atomic E-state index is 14.5. The Kier molecular flexibility index (Phi) is 6.20. The number of halogens is 1. The number of piperidine rings is 1. The molecule has 5 rings (SSSR count). The van der Waals surface area contributed by atoms with Crippen molar-refractivity contribution in [1.82, 2.24) is 25.2 Å². The highest BCUT2D eigenvalue weighted by molar-refractivity contribution is 7.98. The molecule has 0 saturated carbocycles. The molecule has 0 aliphatic carbocycles. The fraction of sp³-hybridized carbons (Fsp3) is 0.333. The number of hydrogen-bond donors (Lipinski definition) is 4. The van der Waals surface area contributed by atoms with Gasteiger partial charge in [0, 0.05) is 36.9 Å². The number of methoxy groups -OCH3 is 1. The van der Waals surface area contributed by atoms with Crippen LogP contribution in [0.25, 0.3) is 11.4 Å². The van der Waals surface area contributed by atoms with E-state index in [1.54, 1.807) is 24.4 Å². The Balaban J connectivity index is 1.68. The van der Waals surface area contributed by atoms with E-state index in [0.29, 0.717) is 71.7 Å². The Bertz CT molecular complexity index is 1340. The van der Waals surface area contributed by atoms with E-state index in [4.69, 9.17) is 4.74 Å². The van der Waals surface area contributed by atoms with Crippen molar-refractivity contribution >= 4 is 35.1 Å². The Labute approximate surface area is 210 Å². The average Bonchev–Trinajstić information content (AvgIpc) is 3.28. The molecule has 1 saturated heterocycles. The number of para-hydroxylation sites is 1. The van der Waals surface area contributed by atoms with Gasteiger partial charge in [-0.3, -0.25) is 4.79 Å². The summed E-state index contributed by atoms with van der Waals surface area (Å²) in [6.07, 6.45) is 3.63. The number of carbonyl (C=O) groups is 2. The lowest BCUT2D eigenvalue weighted by Crippen LogP contribution is -2.53. The molecule has 2 aromatic heterocycles. The first-order valence-electron chi connectivity index (χ1n) is 11.4. The number of aromatic amines is 1. The van der Waals surface area contributed by atoms with E-state index >= 15 is 0 Å². The second kappa shape index (κ2) is 9.34. The zero-order chi connectivity index (χ0) is 25.4. The molecule has 2 amide bonds. The van der Waals surface area contributed by atoms with Gasteiger partial charge in [-0.2, -0.15) is 0 Å². The minimum absolute atomic E-state index is 0.0200. The second-order valence-electron chi connectivity index (χ2n) is 8.73. The molecular weight excluding hydrogens is 487 g/mol. The van der Waals surface area contributed by atoms with Crippen molar-refractivity contribution in [3.8, 4) is 17.1 Å². The minimum atomic E-state index is -0.955. The van der Waals surface area contributed by atoms with Crippen LogP contribution in [-0.2, 0) is 5.41 Å². The van der Waals surface area contributed by atoms with Gasteiger partial charge >= 0.3 is 6.09 Å². The molecule has 36 heavy (non-hydrogen) atoms. The fourth-order valence-corrected chi connectivity index (χ4v) is 5.30. The smallest absolute Gasteiger partial charge is 0.407 e. The van der Waals surface area contributed by atoms with Crippen LogP contribution in [0.15, 0.2) is 35.6 Å². The van der Waals surface area contributed by atoms with Crippen molar-refractivity contribution in [3.63, 3.8) is 0 Å². The van der Waals surface area contributed by atoms with Crippen LogP contribution in [0, 0.1) is 5.82 Å². The topological polar surface area (TPSA) is 132 Å². The number of H-pyrrole nitrogens is 1. The molecule has 188 valence electrons. The van der Waals surface area contributed by atoms with Crippen molar-refractivity contribution in [2.24, 2.45) is 0 Å². The monoisotopic (exact) mass is 512 g/mol. The number of aromatic nitrogens is 3. The Morgan fingerprint density at radius 2 is 2.08 bits per heavy atom. The van der Waals surface area contributed by atoms with Gasteiger partial charge < -0.3 is 30.4 Å². The first-order chi connectivity index (χ1) is 17.4. The van der Waals surface area contributed by atoms with E-state index in [1.165, 1.54) is 29.8 Å². The van der Waals surface area contributed by atoms with Crippen molar-refractivity contribution in [2.45, 2.75) is 23.4 Å². The highest BCUT2D eigenvalue weighted by Gasteiger charge is 2.46. The largest absolute Gasteiger partial charge is 0.492 e. The summed E-state index contributed by atoms with van der Waals surface area (Å²) < 4.78 is 19.8. The zero-order valence-electron chi connectivity index (χ0n) is 19.7. The number of likely N-dealkylation sites (tertiary alicyclic amines) is 1. The first kappa shape index (κ1) is 23.9. The van der Waals surface area contributed by atoms with E-state index in [9.17, 15) is 19.1 Å². The predicted molar refractivity (Wildman–Crippen MR) is 133 cm³/mol. The summed E-state index contributed by atoms with van der Waals surface area (Å²) in [5.41, 5.74) is 2.55. The van der Waals surface area contributed by atoms with Gasteiger partial charge in [0.05, 0.1) is 35.4 Å². The van der Waals surface area contributed by atoms with Gasteiger partial charge in [-0.05, 0) is 37.3 Å². The number of thioether (sulfide) groups is 1. The molecule has 0 unspecified atom stereocenters. The number of anilines is 2. The summed E-state index contributed by atoms with van der Waals surface area (Å²) in [5, 5.41) is 16.2. The molecular formula is C24H25FN6O4S. The maximum Gasteiger partial charge on any atom is 0.407 e. The third kappa shape index (κ3) is 4.00. The lowest BCUT2D eigenvalue weighted by Gasteiger charge is -2.43. The number of fused-ring (bicyclic) bond motifs is 2. The third-order valence-electron chi connectivity index (χ3n) is 6.84. The van der Waals surface area contributed by atoms with Gasteiger partial charge in [-0.25, -0.2) is 19.2 Å². The Hall–Kier alpha value is -3.80. The summed E-state index contributed by atoms with van der Waals surface area (Å²) >= 11 is 1.39. The number of nitrogens with one attached hydrogen (secondary N) is 3. The molecule has 4 N–H and O–H groups in total. The van der Waals surface area contributed by atoms with Gasteiger partial charge in [0.15, 0.2) is 16.7 Å². The summed E-state index contributed by atoms with van der Waals surface area (Å²) in [7, 11) is 1.38. The molecule has 2 aliphatic rings. The van der Waals surface area contributed by atoms with E-state index in [-0.39, 0.29) is 11.7 Å². The number of carbonyl (C=O) groups excluding carboxylic acids is 1. The molecule has 12 heteroatoms. The molecule has 10 nitrogen and oxygen atoms in total. The number of nitrogens with zero attached hydrogens (tertiary/aromatic N) is 3. The number of carboxylic acid groups (broad SMARTS) is 1. The lowest BCUT2D eigenvalue weighted by atomic mass is 9.72. The van der Waals surface area contributed by atoms with Crippen LogP contribution in [0.4, 0.5) is 20.6 Å². The number of hydrogen-bond acceptors (Lipinski definition) is 7. The van der Waals surface area contributed by atoms with Crippen LogP contribution in [0.1, 0.15) is 28.9 Å². The Morgan fingerprint density at radius 1 is 1.31 bits per heavy atom. The van der Waals surface area contributed by atoms with E-state index in [0.717, 1.165) is 0 Å². The normalized spacial score (nSPS) is 16.4. The molecule has 4 heterocycles. The molecule has 2 aliphatic heterocycles. The van der Waals surface area contributed by atoms with Gasteiger partial charge in [0.25, 0.3) is 5.91 Å². The SMILES string of the molecule is COc1c(F)cccc1Nc1c(-c2ccnc(SC)n2)[nH]c2c1C(=O)NCC21CCN(C(=O)O)CC1. The number of rotatable bonds is 5. The molecule has 1 aromatic carbocycles. The molecule has 0 bridgehead atoms. The lowest BCUT2D eigenvalue weighted by molar-refractivity contribution is 0.0865. The van der Waals surface area contributed by atoms with Crippen molar-refractivity contribution in [1.29, 1.82) is 0 Å². The number of amides is 2. The number of ether oxygens (including phenoxy) is 1. The third-order valence-corrected chi connectivity index (χ3v) is 7.40. The molecule has 0 atom stereocenters. The standard InChI is InChI=1S/C24H25FN6O4S/c1-35-19-13(25)4-3-5-15(19)28-18-16-20(30-17(18)14-6-9-26-22(29-14)36-2)24(12-27-21(16)32)7-10-31(11-8-24)23(33)34/h3-6,9,28,30H,7-8,10-12H2,1-2H3,(H,27,32)(H,33,34). The molecule has 0 radical (unpaired) electrons. The van der Waals surface area contributed by atoms with Crippen LogP contribution in [0.3, 0.4) is 0 Å². The van der Waals surface area contributed by atoms with Gasteiger partial charge in [-0.15, -0.1) is 0 Å². The Morgan fingerprint density at radius 3 is 2.78 bits per heavy atom. The van der Waals surface area contributed by atoms with Crippen LogP contribution < -0.4 is 15.4 Å². The summed E-state index contributed by atoms with van der Waals surface area (Å²) in [5.74, 6) is -0.801. The van der Waals surface area contributed by atoms with Crippen molar-refractivity contribution in [3.05, 3.63) is 47.5 Å². The second-order valence-corrected chi connectivity index (χ2v) is 9.51. The van der Waals surface area contributed by atoms with E-state index < -0.39 is 17.3 Å².